The van der Waals surface area contributed by atoms with E-state index in [9.17, 15) is 14.7 Å². The molecule has 1 aromatic heterocycles. The number of fused-ring (bicyclic) bond motifs is 1. The highest BCUT2D eigenvalue weighted by Gasteiger charge is 2.16. The smallest absolute Gasteiger partial charge is 0.349 e. The van der Waals surface area contributed by atoms with Gasteiger partial charge < -0.3 is 14.8 Å². The van der Waals surface area contributed by atoms with Crippen LogP contribution in [0.25, 0.3) is 11.0 Å². The summed E-state index contributed by atoms with van der Waals surface area (Å²) in [6.07, 6.45) is 0.937. The topological polar surface area (TPSA) is 79.5 Å². The maximum atomic E-state index is 12.5. The molecule has 1 amide bonds. The maximum Gasteiger partial charge on any atom is 0.349 e. The molecule has 0 bridgehead atoms. The van der Waals surface area contributed by atoms with Gasteiger partial charge in [0.05, 0.1) is 5.69 Å². The van der Waals surface area contributed by atoms with Gasteiger partial charge in [-0.1, -0.05) is 38.1 Å². The number of rotatable bonds is 4. The van der Waals surface area contributed by atoms with Crippen LogP contribution in [0.4, 0.5) is 5.69 Å². The molecular formula is C20H19NO4. The molecule has 0 fully saturated rings. The number of carbonyl (C=O) groups excluding carboxylic acids is 1. The van der Waals surface area contributed by atoms with Crippen LogP contribution in [0.5, 0.6) is 5.75 Å². The largest absolute Gasteiger partial charge is 0.506 e. The quantitative estimate of drug-likeness (QED) is 0.550. The molecule has 128 valence electrons. The van der Waals surface area contributed by atoms with E-state index in [0.717, 1.165) is 12.0 Å². The molecule has 5 nitrogen and oxygen atoms in total. The number of carbonyl (C=O) groups is 1. The molecule has 2 N–H and O–H groups in total. The zero-order valence-corrected chi connectivity index (χ0v) is 14.1. The van der Waals surface area contributed by atoms with Gasteiger partial charge in [0.25, 0.3) is 5.91 Å². The fourth-order valence-corrected chi connectivity index (χ4v) is 2.61. The van der Waals surface area contributed by atoms with Crippen LogP contribution >= 0.6 is 0 Å². The zero-order valence-electron chi connectivity index (χ0n) is 14.1. The molecule has 0 saturated heterocycles. The average Bonchev–Trinajstić information content (AvgIpc) is 2.62. The van der Waals surface area contributed by atoms with E-state index < -0.39 is 11.5 Å². The molecule has 0 radical (unpaired) electrons. The first-order valence-electron chi connectivity index (χ1n) is 8.16. The summed E-state index contributed by atoms with van der Waals surface area (Å²) in [7, 11) is 0. The third-order valence-electron chi connectivity index (χ3n) is 4.34. The summed E-state index contributed by atoms with van der Waals surface area (Å²) in [5.41, 5.74) is 0.878. The number of anilines is 1. The summed E-state index contributed by atoms with van der Waals surface area (Å²) >= 11 is 0. The molecule has 5 heteroatoms. The molecule has 0 saturated carbocycles. The summed E-state index contributed by atoms with van der Waals surface area (Å²) in [6.45, 7) is 4.13. The Morgan fingerprint density at radius 1 is 1.20 bits per heavy atom. The lowest BCUT2D eigenvalue weighted by Crippen LogP contribution is -2.20. The lowest BCUT2D eigenvalue weighted by molar-refractivity contribution is 0.102. The number of para-hydroxylation sites is 1. The van der Waals surface area contributed by atoms with Gasteiger partial charge in [-0.15, -0.1) is 0 Å². The van der Waals surface area contributed by atoms with Gasteiger partial charge in [0.1, 0.15) is 16.9 Å². The van der Waals surface area contributed by atoms with Gasteiger partial charge in [0.15, 0.2) is 0 Å². The minimum atomic E-state index is -0.714. The van der Waals surface area contributed by atoms with Crippen molar-refractivity contribution in [3.8, 4) is 5.75 Å². The standard InChI is InChI=1S/C20H19NO4/c1-3-12(2)13-8-9-17(22)16(11-13)21-19(23)15-10-14-6-4-5-7-18(14)25-20(15)24/h4-12,22H,3H2,1-2H3,(H,21,23). The van der Waals surface area contributed by atoms with Crippen molar-refractivity contribution in [2.24, 2.45) is 0 Å². The van der Waals surface area contributed by atoms with E-state index in [2.05, 4.69) is 19.2 Å². The van der Waals surface area contributed by atoms with Crippen LogP contribution in [-0.2, 0) is 0 Å². The molecule has 3 aromatic rings. The molecular weight excluding hydrogens is 318 g/mol. The van der Waals surface area contributed by atoms with Gasteiger partial charge in [-0.2, -0.15) is 0 Å². The number of hydrogen-bond donors (Lipinski definition) is 2. The third kappa shape index (κ3) is 3.40. The van der Waals surface area contributed by atoms with Crippen molar-refractivity contribution in [2.75, 3.05) is 5.32 Å². The first-order chi connectivity index (χ1) is 12.0. The van der Waals surface area contributed by atoms with Gasteiger partial charge in [-0.25, -0.2) is 4.79 Å². The minimum Gasteiger partial charge on any atom is -0.506 e. The number of phenols is 1. The summed E-state index contributed by atoms with van der Waals surface area (Å²) in [4.78, 5) is 24.6. The summed E-state index contributed by atoms with van der Waals surface area (Å²) in [5.74, 6) is -0.372. The van der Waals surface area contributed by atoms with E-state index in [0.29, 0.717) is 16.9 Å². The second-order valence-electron chi connectivity index (χ2n) is 6.03. The van der Waals surface area contributed by atoms with Crippen molar-refractivity contribution in [2.45, 2.75) is 26.2 Å². The van der Waals surface area contributed by atoms with Crippen molar-refractivity contribution in [3.63, 3.8) is 0 Å². The van der Waals surface area contributed by atoms with E-state index in [1.165, 1.54) is 6.07 Å². The molecule has 1 unspecified atom stereocenters. The van der Waals surface area contributed by atoms with Crippen molar-refractivity contribution in [3.05, 3.63) is 70.1 Å². The van der Waals surface area contributed by atoms with Crippen LogP contribution in [0.3, 0.4) is 0 Å². The second-order valence-corrected chi connectivity index (χ2v) is 6.03. The summed E-state index contributed by atoms with van der Waals surface area (Å²) < 4.78 is 5.18. The molecule has 25 heavy (non-hydrogen) atoms. The van der Waals surface area contributed by atoms with Gasteiger partial charge in [0.2, 0.25) is 0 Å². The van der Waals surface area contributed by atoms with E-state index in [4.69, 9.17) is 4.42 Å². The minimum absolute atomic E-state index is 0.0504. The molecule has 0 aliphatic heterocycles. The normalized spacial score (nSPS) is 12.1. The van der Waals surface area contributed by atoms with Crippen molar-refractivity contribution >= 4 is 22.6 Å². The third-order valence-corrected chi connectivity index (χ3v) is 4.34. The molecule has 3 rings (SSSR count). The van der Waals surface area contributed by atoms with E-state index in [-0.39, 0.29) is 17.0 Å². The Morgan fingerprint density at radius 2 is 1.96 bits per heavy atom. The Labute approximate surface area is 144 Å². The number of phenolic OH excluding ortho intramolecular Hbond substituents is 1. The second kappa shape index (κ2) is 6.81. The Bertz CT molecular complexity index is 990. The van der Waals surface area contributed by atoms with Crippen molar-refractivity contribution < 1.29 is 14.3 Å². The summed E-state index contributed by atoms with van der Waals surface area (Å²) in [5, 5.41) is 13.3. The van der Waals surface area contributed by atoms with Gasteiger partial charge >= 0.3 is 5.63 Å². The number of aromatic hydroxyl groups is 1. The Hall–Kier alpha value is -3.08. The highest BCUT2D eigenvalue weighted by Crippen LogP contribution is 2.29. The van der Waals surface area contributed by atoms with Crippen molar-refractivity contribution in [1.29, 1.82) is 0 Å². The van der Waals surface area contributed by atoms with Crippen LogP contribution in [0.15, 0.2) is 57.7 Å². The van der Waals surface area contributed by atoms with Crippen LogP contribution in [0, 0.1) is 0 Å². The summed E-state index contributed by atoms with van der Waals surface area (Å²) in [6, 6.07) is 13.6. The lowest BCUT2D eigenvalue weighted by atomic mass is 9.98. The highest BCUT2D eigenvalue weighted by molar-refractivity contribution is 6.06. The van der Waals surface area contributed by atoms with Crippen LogP contribution < -0.4 is 10.9 Å². The van der Waals surface area contributed by atoms with Gasteiger partial charge in [-0.3, -0.25) is 4.79 Å². The SMILES string of the molecule is CCC(C)c1ccc(O)c(NC(=O)c2cc3ccccc3oc2=O)c1. The molecule has 2 aromatic carbocycles. The monoisotopic (exact) mass is 337 g/mol. The number of benzene rings is 2. The van der Waals surface area contributed by atoms with E-state index >= 15 is 0 Å². The fourth-order valence-electron chi connectivity index (χ4n) is 2.61. The van der Waals surface area contributed by atoms with E-state index in [1.807, 2.05) is 6.07 Å². The van der Waals surface area contributed by atoms with E-state index in [1.54, 1.807) is 36.4 Å². The highest BCUT2D eigenvalue weighted by atomic mass is 16.4. The maximum absolute atomic E-state index is 12.5. The van der Waals surface area contributed by atoms with Crippen LogP contribution in [0.2, 0.25) is 0 Å². The van der Waals surface area contributed by atoms with Gasteiger partial charge in [-0.05, 0) is 42.2 Å². The number of amides is 1. The lowest BCUT2D eigenvalue weighted by Gasteiger charge is -2.13. The Morgan fingerprint density at radius 3 is 2.72 bits per heavy atom. The predicted molar refractivity (Wildman–Crippen MR) is 97.3 cm³/mol. The van der Waals surface area contributed by atoms with Gasteiger partial charge in [0, 0.05) is 5.39 Å². The molecule has 1 atom stereocenters. The Balaban J connectivity index is 1.95. The molecule has 1 heterocycles. The molecule has 0 aliphatic rings. The van der Waals surface area contributed by atoms with Crippen molar-refractivity contribution in [1.82, 2.24) is 0 Å². The average molecular weight is 337 g/mol. The number of nitrogens with one attached hydrogen (secondary N) is 1. The first-order valence-corrected chi connectivity index (χ1v) is 8.16. The first kappa shape index (κ1) is 16.8. The Kier molecular flexibility index (Phi) is 4.57. The molecule has 0 spiro atoms. The zero-order chi connectivity index (χ0) is 18.0. The molecule has 0 aliphatic carbocycles. The fraction of sp³-hybridized carbons (Fsp3) is 0.200. The van der Waals surface area contributed by atoms with Crippen LogP contribution in [0.1, 0.15) is 42.1 Å². The predicted octanol–water partition coefficient (Wildman–Crippen LogP) is 4.26. The van der Waals surface area contributed by atoms with Crippen LogP contribution in [-0.4, -0.2) is 11.0 Å². The number of hydrogen-bond acceptors (Lipinski definition) is 4.